The number of amides is 1. The van der Waals surface area contributed by atoms with Crippen LogP contribution in [0.4, 0.5) is 0 Å². The zero-order valence-corrected chi connectivity index (χ0v) is 11.9. The summed E-state index contributed by atoms with van der Waals surface area (Å²) in [6.07, 6.45) is 3.51. The minimum absolute atomic E-state index is 0. The van der Waals surface area contributed by atoms with E-state index in [0.29, 0.717) is 25.7 Å². The average Bonchev–Trinajstić information content (AvgIpc) is 2.32. The molecule has 1 saturated heterocycles. The zero-order chi connectivity index (χ0) is 12.7. The lowest BCUT2D eigenvalue weighted by Gasteiger charge is -2.34. The van der Waals surface area contributed by atoms with Crippen LogP contribution in [0.3, 0.4) is 0 Å². The van der Waals surface area contributed by atoms with Gasteiger partial charge in [-0.2, -0.15) is 0 Å². The van der Waals surface area contributed by atoms with Gasteiger partial charge in [0.1, 0.15) is 0 Å². The van der Waals surface area contributed by atoms with Crippen molar-refractivity contribution >= 4 is 18.3 Å². The van der Waals surface area contributed by atoms with Crippen LogP contribution in [-0.4, -0.2) is 61.0 Å². The Bertz CT molecular complexity index is 273. The van der Waals surface area contributed by atoms with Crippen LogP contribution in [0.25, 0.3) is 0 Å². The molecule has 1 amide bonds. The van der Waals surface area contributed by atoms with Gasteiger partial charge >= 0.3 is 0 Å². The lowest BCUT2D eigenvalue weighted by atomic mass is 10.2. The van der Waals surface area contributed by atoms with Crippen molar-refractivity contribution in [3.63, 3.8) is 0 Å². The number of halogens is 1. The van der Waals surface area contributed by atoms with Crippen molar-refractivity contribution < 1.29 is 4.79 Å². The van der Waals surface area contributed by atoms with E-state index < -0.39 is 0 Å². The van der Waals surface area contributed by atoms with Crippen LogP contribution >= 0.6 is 12.4 Å². The van der Waals surface area contributed by atoms with Gasteiger partial charge in [0.25, 0.3) is 0 Å². The molecule has 0 radical (unpaired) electrons. The van der Waals surface area contributed by atoms with E-state index in [1.165, 1.54) is 0 Å². The first kappa shape index (κ1) is 17.2. The summed E-state index contributed by atoms with van der Waals surface area (Å²) >= 11 is 0. The predicted octanol–water partition coefficient (Wildman–Crippen LogP) is 0.903. The monoisotopic (exact) mass is 273 g/mol. The standard InChI is InChI=1S/C13H23N3O.ClH/c1-4-7-15(8-5-2)13(17)11-16-9-6-14-10-12(16)3;/h4-5,12,14H,1-2,6-11H2,3H3;1H. The minimum Gasteiger partial charge on any atom is -0.334 e. The van der Waals surface area contributed by atoms with Crippen LogP contribution in [0.5, 0.6) is 0 Å². The third kappa shape index (κ3) is 5.21. The van der Waals surface area contributed by atoms with E-state index in [4.69, 9.17) is 0 Å². The van der Waals surface area contributed by atoms with E-state index in [9.17, 15) is 4.79 Å². The molecule has 1 N–H and O–H groups in total. The molecule has 1 atom stereocenters. The fourth-order valence-electron chi connectivity index (χ4n) is 1.98. The number of hydrogen-bond acceptors (Lipinski definition) is 3. The second-order valence-electron chi connectivity index (χ2n) is 4.40. The molecule has 1 fully saturated rings. The molecule has 0 aromatic heterocycles. The fourth-order valence-corrected chi connectivity index (χ4v) is 1.98. The molecule has 1 aliphatic heterocycles. The third-order valence-corrected chi connectivity index (χ3v) is 3.03. The van der Waals surface area contributed by atoms with Crippen LogP contribution in [0.2, 0.25) is 0 Å². The number of rotatable bonds is 6. The van der Waals surface area contributed by atoms with Crippen molar-refractivity contribution in [3.05, 3.63) is 25.3 Å². The van der Waals surface area contributed by atoms with E-state index in [1.807, 2.05) is 0 Å². The molecule has 0 spiro atoms. The molecule has 1 unspecified atom stereocenters. The summed E-state index contributed by atoms with van der Waals surface area (Å²) in [6.45, 7) is 14.0. The van der Waals surface area contributed by atoms with Crippen molar-refractivity contribution in [1.82, 2.24) is 15.1 Å². The Balaban J connectivity index is 0.00000289. The maximum Gasteiger partial charge on any atom is 0.237 e. The zero-order valence-electron chi connectivity index (χ0n) is 11.1. The quantitative estimate of drug-likeness (QED) is 0.731. The van der Waals surface area contributed by atoms with Gasteiger partial charge in [-0.25, -0.2) is 0 Å². The highest BCUT2D eigenvalue weighted by molar-refractivity contribution is 5.85. The molecule has 5 heteroatoms. The number of nitrogens with one attached hydrogen (secondary N) is 1. The van der Waals surface area contributed by atoms with Gasteiger partial charge in [0.2, 0.25) is 5.91 Å². The Morgan fingerprint density at radius 2 is 2.06 bits per heavy atom. The van der Waals surface area contributed by atoms with Crippen LogP contribution in [-0.2, 0) is 4.79 Å². The SMILES string of the molecule is C=CCN(CC=C)C(=O)CN1CCNCC1C.Cl. The van der Waals surface area contributed by atoms with Crippen LogP contribution in [0.1, 0.15) is 6.92 Å². The highest BCUT2D eigenvalue weighted by Crippen LogP contribution is 2.03. The van der Waals surface area contributed by atoms with Gasteiger partial charge in [0.15, 0.2) is 0 Å². The molecular formula is C13H24ClN3O. The van der Waals surface area contributed by atoms with Gasteiger partial charge in [-0.1, -0.05) is 12.2 Å². The molecule has 4 nitrogen and oxygen atoms in total. The number of hydrogen-bond donors (Lipinski definition) is 1. The Labute approximate surface area is 116 Å². The number of nitrogens with zero attached hydrogens (tertiary/aromatic N) is 2. The van der Waals surface area contributed by atoms with Crippen LogP contribution in [0.15, 0.2) is 25.3 Å². The molecule has 1 heterocycles. The summed E-state index contributed by atoms with van der Waals surface area (Å²) in [4.78, 5) is 16.1. The normalized spacial score (nSPS) is 19.7. The molecule has 0 saturated carbocycles. The maximum absolute atomic E-state index is 12.1. The van der Waals surface area contributed by atoms with Crippen molar-refractivity contribution in [2.75, 3.05) is 39.3 Å². The first-order valence-corrected chi connectivity index (χ1v) is 6.13. The van der Waals surface area contributed by atoms with Crippen molar-refractivity contribution in [2.45, 2.75) is 13.0 Å². The van der Waals surface area contributed by atoms with Crippen LogP contribution < -0.4 is 5.32 Å². The van der Waals surface area contributed by atoms with Gasteiger partial charge in [0.05, 0.1) is 6.54 Å². The summed E-state index contributed by atoms with van der Waals surface area (Å²) in [6, 6.07) is 0.419. The first-order valence-electron chi connectivity index (χ1n) is 6.13. The topological polar surface area (TPSA) is 35.6 Å². The average molecular weight is 274 g/mol. The molecule has 0 aromatic rings. The van der Waals surface area contributed by atoms with Crippen molar-refractivity contribution in [1.29, 1.82) is 0 Å². The van der Waals surface area contributed by atoms with Crippen molar-refractivity contribution in [2.24, 2.45) is 0 Å². The van der Waals surface area contributed by atoms with E-state index in [1.54, 1.807) is 17.1 Å². The largest absolute Gasteiger partial charge is 0.334 e. The van der Waals surface area contributed by atoms with Gasteiger partial charge in [0, 0.05) is 38.8 Å². The lowest BCUT2D eigenvalue weighted by molar-refractivity contribution is -0.132. The second kappa shape index (κ2) is 9.14. The minimum atomic E-state index is 0. The Morgan fingerprint density at radius 1 is 1.44 bits per heavy atom. The molecule has 0 bridgehead atoms. The van der Waals surface area contributed by atoms with Gasteiger partial charge in [-0.15, -0.1) is 25.6 Å². The summed E-state index contributed by atoms with van der Waals surface area (Å²) in [5, 5.41) is 3.32. The van der Waals surface area contributed by atoms with Gasteiger partial charge in [-0.3, -0.25) is 9.69 Å². The van der Waals surface area contributed by atoms with Gasteiger partial charge < -0.3 is 10.2 Å². The number of piperazine rings is 1. The lowest BCUT2D eigenvalue weighted by Crippen LogP contribution is -2.53. The smallest absolute Gasteiger partial charge is 0.237 e. The second-order valence-corrected chi connectivity index (χ2v) is 4.40. The van der Waals surface area contributed by atoms with Crippen molar-refractivity contribution in [3.8, 4) is 0 Å². The summed E-state index contributed by atoms with van der Waals surface area (Å²) in [5.41, 5.74) is 0. The Kier molecular flexibility index (Phi) is 8.71. The first-order chi connectivity index (χ1) is 8.19. The number of carbonyl (C=O) groups is 1. The number of carbonyl (C=O) groups excluding carboxylic acids is 1. The predicted molar refractivity (Wildman–Crippen MR) is 78.1 cm³/mol. The fraction of sp³-hybridized carbons (Fsp3) is 0.615. The van der Waals surface area contributed by atoms with E-state index in [-0.39, 0.29) is 18.3 Å². The molecular weight excluding hydrogens is 250 g/mol. The highest BCUT2D eigenvalue weighted by atomic mass is 35.5. The molecule has 1 rings (SSSR count). The van der Waals surface area contributed by atoms with E-state index in [2.05, 4.69) is 30.3 Å². The van der Waals surface area contributed by atoms with E-state index >= 15 is 0 Å². The summed E-state index contributed by atoms with van der Waals surface area (Å²) in [5.74, 6) is 0.151. The third-order valence-electron chi connectivity index (χ3n) is 3.03. The molecule has 0 aliphatic carbocycles. The summed E-state index contributed by atoms with van der Waals surface area (Å²) < 4.78 is 0. The van der Waals surface area contributed by atoms with Gasteiger partial charge in [-0.05, 0) is 6.92 Å². The maximum atomic E-state index is 12.1. The highest BCUT2D eigenvalue weighted by Gasteiger charge is 2.22. The Hall–Kier alpha value is -0.840. The van der Waals surface area contributed by atoms with E-state index in [0.717, 1.165) is 19.6 Å². The molecule has 104 valence electrons. The van der Waals surface area contributed by atoms with Crippen LogP contribution in [0, 0.1) is 0 Å². The molecule has 1 aliphatic rings. The molecule has 18 heavy (non-hydrogen) atoms. The Morgan fingerprint density at radius 3 is 2.56 bits per heavy atom. The summed E-state index contributed by atoms with van der Waals surface area (Å²) in [7, 11) is 0. The molecule has 0 aromatic carbocycles.